The zero-order valence-electron chi connectivity index (χ0n) is 12.6. The van der Waals surface area contributed by atoms with Gasteiger partial charge in [-0.2, -0.15) is 0 Å². The Morgan fingerprint density at radius 3 is 2.86 bits per heavy atom. The first-order valence-electron chi connectivity index (χ1n) is 7.64. The molecule has 3 rings (SSSR count). The van der Waals surface area contributed by atoms with Gasteiger partial charge >= 0.3 is 0 Å². The van der Waals surface area contributed by atoms with Crippen molar-refractivity contribution in [3.05, 3.63) is 28.7 Å². The van der Waals surface area contributed by atoms with Crippen LogP contribution in [-0.4, -0.2) is 48.9 Å². The van der Waals surface area contributed by atoms with Gasteiger partial charge in [0.05, 0.1) is 11.6 Å². The van der Waals surface area contributed by atoms with Gasteiger partial charge in [0.25, 0.3) is 0 Å². The van der Waals surface area contributed by atoms with Gasteiger partial charge in [0, 0.05) is 43.1 Å². The van der Waals surface area contributed by atoms with E-state index in [0.29, 0.717) is 13.0 Å². The lowest BCUT2D eigenvalue weighted by molar-refractivity contribution is -0.138. The fraction of sp³-hybridized carbons (Fsp3) is 0.500. The van der Waals surface area contributed by atoms with Crippen LogP contribution in [0.2, 0.25) is 0 Å². The molecule has 0 bridgehead atoms. The Morgan fingerprint density at radius 1 is 1.36 bits per heavy atom. The molecule has 1 N–H and O–H groups in total. The van der Waals surface area contributed by atoms with E-state index in [0.717, 1.165) is 29.8 Å². The first kappa shape index (κ1) is 15.5. The third kappa shape index (κ3) is 2.90. The van der Waals surface area contributed by atoms with E-state index in [4.69, 9.17) is 0 Å². The number of carbonyl (C=O) groups is 2. The second-order valence-electron chi connectivity index (χ2n) is 5.94. The van der Waals surface area contributed by atoms with Crippen LogP contribution in [0.5, 0.6) is 0 Å². The smallest absolute Gasteiger partial charge is 0.228 e. The van der Waals surface area contributed by atoms with E-state index in [-0.39, 0.29) is 23.8 Å². The number of para-hydroxylation sites is 1. The molecule has 2 saturated heterocycles. The Labute approximate surface area is 138 Å². The largest absolute Gasteiger partial charge is 0.337 e. The van der Waals surface area contributed by atoms with E-state index in [1.54, 1.807) is 4.90 Å². The van der Waals surface area contributed by atoms with Gasteiger partial charge < -0.3 is 15.1 Å². The molecule has 1 unspecified atom stereocenters. The summed E-state index contributed by atoms with van der Waals surface area (Å²) in [7, 11) is 0. The molecular weight excluding hydrogens is 346 g/mol. The van der Waals surface area contributed by atoms with Gasteiger partial charge in [0.15, 0.2) is 0 Å². The maximum absolute atomic E-state index is 12.7. The summed E-state index contributed by atoms with van der Waals surface area (Å²) in [5.74, 6) is -0.106. The number of piperazine rings is 1. The van der Waals surface area contributed by atoms with Crippen molar-refractivity contribution in [1.82, 2.24) is 10.2 Å². The summed E-state index contributed by atoms with van der Waals surface area (Å²) in [6, 6.07) is 7.83. The number of amides is 2. The molecule has 5 nitrogen and oxygen atoms in total. The van der Waals surface area contributed by atoms with Gasteiger partial charge in [-0.05, 0) is 35.0 Å². The van der Waals surface area contributed by atoms with E-state index in [9.17, 15) is 9.59 Å². The number of nitrogens with one attached hydrogen (secondary N) is 1. The van der Waals surface area contributed by atoms with Crippen molar-refractivity contribution in [1.29, 1.82) is 0 Å². The number of hydrogen-bond donors (Lipinski definition) is 1. The minimum atomic E-state index is -0.236. The second kappa shape index (κ2) is 6.38. The monoisotopic (exact) mass is 365 g/mol. The maximum atomic E-state index is 12.7. The highest BCUT2D eigenvalue weighted by Gasteiger charge is 2.39. The highest BCUT2D eigenvalue weighted by molar-refractivity contribution is 9.10. The Kier molecular flexibility index (Phi) is 4.49. The normalized spacial score (nSPS) is 25.6. The van der Waals surface area contributed by atoms with Crippen molar-refractivity contribution >= 4 is 33.4 Å². The zero-order valence-corrected chi connectivity index (χ0v) is 14.2. The molecule has 2 amide bonds. The number of carbonyl (C=O) groups excluding carboxylic acids is 2. The molecule has 1 aromatic carbocycles. The predicted octanol–water partition coefficient (Wildman–Crippen LogP) is 1.62. The van der Waals surface area contributed by atoms with Crippen molar-refractivity contribution in [2.45, 2.75) is 19.4 Å². The molecular formula is C16H20BrN3O2. The zero-order chi connectivity index (χ0) is 15.7. The molecule has 2 atom stereocenters. The maximum Gasteiger partial charge on any atom is 0.228 e. The lowest BCUT2D eigenvalue weighted by Crippen LogP contribution is -2.54. The summed E-state index contributed by atoms with van der Waals surface area (Å²) in [6.07, 6.45) is 0.302. The lowest BCUT2D eigenvalue weighted by atomic mass is 10.1. The number of hydrogen-bond acceptors (Lipinski definition) is 3. The molecule has 0 spiro atoms. The molecule has 118 valence electrons. The van der Waals surface area contributed by atoms with Crippen molar-refractivity contribution in [3.63, 3.8) is 0 Å². The molecule has 0 aliphatic carbocycles. The Morgan fingerprint density at radius 2 is 2.14 bits per heavy atom. The fourth-order valence-corrected chi connectivity index (χ4v) is 3.68. The number of rotatable bonds is 2. The number of benzene rings is 1. The van der Waals surface area contributed by atoms with Crippen LogP contribution in [0.25, 0.3) is 0 Å². The molecule has 1 aromatic rings. The van der Waals surface area contributed by atoms with Gasteiger partial charge in [-0.1, -0.05) is 12.1 Å². The van der Waals surface area contributed by atoms with E-state index in [1.807, 2.05) is 36.1 Å². The Bertz CT molecular complexity index is 593. The third-order valence-electron chi connectivity index (χ3n) is 4.40. The van der Waals surface area contributed by atoms with Crippen molar-refractivity contribution < 1.29 is 9.59 Å². The summed E-state index contributed by atoms with van der Waals surface area (Å²) in [5, 5.41) is 3.28. The fourth-order valence-electron chi connectivity index (χ4n) is 3.18. The van der Waals surface area contributed by atoms with E-state index < -0.39 is 0 Å². The summed E-state index contributed by atoms with van der Waals surface area (Å²) >= 11 is 3.48. The van der Waals surface area contributed by atoms with Crippen LogP contribution in [-0.2, 0) is 9.59 Å². The molecule has 6 heteroatoms. The van der Waals surface area contributed by atoms with Crippen LogP contribution >= 0.6 is 15.9 Å². The predicted molar refractivity (Wildman–Crippen MR) is 88.6 cm³/mol. The van der Waals surface area contributed by atoms with Gasteiger partial charge in [-0.3, -0.25) is 9.59 Å². The molecule has 2 aliphatic rings. The van der Waals surface area contributed by atoms with Crippen molar-refractivity contribution in [2.24, 2.45) is 5.92 Å². The molecule has 0 aromatic heterocycles. The topological polar surface area (TPSA) is 52.7 Å². The number of anilines is 1. The standard InChI is InChI=1S/C16H20BrN3O2/c1-11-9-18-6-7-19(11)16(22)12-8-15(21)20(10-12)14-5-3-2-4-13(14)17/h2-5,11-12,18H,6-10H2,1H3/t11-,12?/m0/s1. The van der Waals surface area contributed by atoms with Gasteiger partial charge in [-0.25, -0.2) is 0 Å². The summed E-state index contributed by atoms with van der Waals surface area (Å²) in [5.41, 5.74) is 0.844. The SMILES string of the molecule is C[C@H]1CNCCN1C(=O)C1CC(=O)N(c2ccccc2Br)C1. The van der Waals surface area contributed by atoms with Crippen LogP contribution in [0.3, 0.4) is 0 Å². The Hall–Kier alpha value is -1.40. The minimum Gasteiger partial charge on any atom is -0.337 e. The lowest BCUT2D eigenvalue weighted by Gasteiger charge is -2.35. The Balaban J connectivity index is 1.74. The quantitative estimate of drug-likeness (QED) is 0.866. The van der Waals surface area contributed by atoms with E-state index in [2.05, 4.69) is 21.2 Å². The van der Waals surface area contributed by atoms with Crippen molar-refractivity contribution in [2.75, 3.05) is 31.1 Å². The van der Waals surface area contributed by atoms with Crippen LogP contribution in [0, 0.1) is 5.92 Å². The van der Waals surface area contributed by atoms with Crippen LogP contribution in [0.1, 0.15) is 13.3 Å². The molecule has 0 radical (unpaired) electrons. The average Bonchev–Trinajstić information content (AvgIpc) is 2.89. The van der Waals surface area contributed by atoms with Gasteiger partial charge in [-0.15, -0.1) is 0 Å². The highest BCUT2D eigenvalue weighted by Crippen LogP contribution is 2.32. The first-order valence-corrected chi connectivity index (χ1v) is 8.43. The summed E-state index contributed by atoms with van der Waals surface area (Å²) in [6.45, 7) is 4.88. The van der Waals surface area contributed by atoms with Crippen LogP contribution in [0.4, 0.5) is 5.69 Å². The van der Waals surface area contributed by atoms with Crippen molar-refractivity contribution in [3.8, 4) is 0 Å². The van der Waals surface area contributed by atoms with Crippen LogP contribution in [0.15, 0.2) is 28.7 Å². The number of halogens is 1. The summed E-state index contributed by atoms with van der Waals surface area (Å²) < 4.78 is 0.881. The highest BCUT2D eigenvalue weighted by atomic mass is 79.9. The van der Waals surface area contributed by atoms with Gasteiger partial charge in [0.2, 0.25) is 11.8 Å². The summed E-state index contributed by atoms with van der Waals surface area (Å²) in [4.78, 5) is 28.7. The number of nitrogens with zero attached hydrogens (tertiary/aromatic N) is 2. The van der Waals surface area contributed by atoms with Gasteiger partial charge in [0.1, 0.15) is 0 Å². The molecule has 22 heavy (non-hydrogen) atoms. The minimum absolute atomic E-state index is 0.0213. The van der Waals surface area contributed by atoms with Crippen LogP contribution < -0.4 is 10.2 Å². The average molecular weight is 366 g/mol. The molecule has 0 saturated carbocycles. The van der Waals surface area contributed by atoms with E-state index >= 15 is 0 Å². The van der Waals surface area contributed by atoms with E-state index in [1.165, 1.54) is 0 Å². The third-order valence-corrected chi connectivity index (χ3v) is 5.07. The second-order valence-corrected chi connectivity index (χ2v) is 6.80. The molecule has 2 aliphatic heterocycles. The molecule has 2 heterocycles. The first-order chi connectivity index (χ1) is 10.6. The molecule has 2 fully saturated rings.